The van der Waals surface area contributed by atoms with Gasteiger partial charge in [-0.1, -0.05) is 0 Å². The van der Waals surface area contributed by atoms with Crippen molar-refractivity contribution < 1.29 is 9.59 Å². The smallest absolute Gasteiger partial charge is 0.236 e. The summed E-state index contributed by atoms with van der Waals surface area (Å²) in [5.41, 5.74) is 1.51. The summed E-state index contributed by atoms with van der Waals surface area (Å²) in [5, 5.41) is 0. The first-order chi connectivity index (χ1) is 4.34. The molecule has 0 aliphatic rings. The van der Waals surface area contributed by atoms with Gasteiger partial charge < -0.3 is 0 Å². The lowest BCUT2D eigenvalue weighted by Gasteiger charge is -1.77. The van der Waals surface area contributed by atoms with E-state index >= 15 is 0 Å². The van der Waals surface area contributed by atoms with E-state index in [1.807, 2.05) is 0 Å². The molecule has 0 bridgehead atoms. The third kappa shape index (κ3) is 1.20. The summed E-state index contributed by atoms with van der Waals surface area (Å²) in [5.74, 6) is -0.502. The minimum atomic E-state index is -0.502. The maximum atomic E-state index is 10.5. The van der Waals surface area contributed by atoms with Gasteiger partial charge in [0.1, 0.15) is 0 Å². The van der Waals surface area contributed by atoms with E-state index in [-0.39, 0.29) is 6.29 Å². The first-order valence-corrected chi connectivity index (χ1v) is 3.10. The molecule has 1 heterocycles. The Balaban J connectivity index is 2.89. The molecule has 1 rings (SSSR count). The van der Waals surface area contributed by atoms with Crippen LogP contribution in [0.15, 0.2) is 11.7 Å². The number of aldehydes is 1. The maximum absolute atomic E-state index is 10.5. The number of hydrogen-bond donors (Lipinski definition) is 0. The van der Waals surface area contributed by atoms with Crippen LogP contribution in [0.5, 0.6) is 0 Å². The van der Waals surface area contributed by atoms with Gasteiger partial charge in [-0.15, -0.1) is 11.3 Å². The van der Waals surface area contributed by atoms with Gasteiger partial charge in [0.15, 0.2) is 6.29 Å². The van der Waals surface area contributed by atoms with Gasteiger partial charge in [0.2, 0.25) is 5.78 Å². The Kier molecular flexibility index (Phi) is 1.69. The molecule has 4 heteroatoms. The van der Waals surface area contributed by atoms with Crippen molar-refractivity contribution in [3.63, 3.8) is 0 Å². The minimum Gasteiger partial charge on any atom is -0.294 e. The molecule has 0 radical (unpaired) electrons. The normalized spacial score (nSPS) is 8.89. The summed E-state index contributed by atoms with van der Waals surface area (Å²) in [7, 11) is 0. The van der Waals surface area contributed by atoms with E-state index in [2.05, 4.69) is 4.98 Å². The molecule has 3 nitrogen and oxygen atoms in total. The molecular weight excluding hydrogens is 138 g/mol. The number of thiazole rings is 1. The van der Waals surface area contributed by atoms with Gasteiger partial charge in [0.25, 0.3) is 0 Å². The molecule has 46 valence electrons. The second-order valence-corrected chi connectivity index (χ2v) is 2.23. The van der Waals surface area contributed by atoms with E-state index in [0.717, 1.165) is 11.3 Å². The molecule has 1 aromatic heterocycles. The second-order valence-electron chi connectivity index (χ2n) is 1.35. The number of nitrogens with zero attached hydrogens (tertiary/aromatic N) is 1. The van der Waals surface area contributed by atoms with Crippen LogP contribution in [0.1, 0.15) is 9.67 Å². The van der Waals surface area contributed by atoms with Crippen LogP contribution in [0, 0.1) is 0 Å². The van der Waals surface area contributed by atoms with Gasteiger partial charge in [0.05, 0.1) is 10.4 Å². The number of hydrogen-bond acceptors (Lipinski definition) is 4. The Morgan fingerprint density at radius 3 is 3.00 bits per heavy atom. The molecule has 0 aromatic carbocycles. The lowest BCUT2D eigenvalue weighted by atomic mass is 10.4. The van der Waals surface area contributed by atoms with Crippen LogP contribution < -0.4 is 0 Å². The Hall–Kier alpha value is -1.03. The predicted molar refractivity (Wildman–Crippen MR) is 32.5 cm³/mol. The number of ketones is 1. The summed E-state index contributed by atoms with van der Waals surface area (Å²) in [6.45, 7) is 0. The van der Waals surface area contributed by atoms with E-state index in [1.54, 1.807) is 0 Å². The number of carbonyl (C=O) groups excluding carboxylic acids is 2. The average Bonchev–Trinajstić information content (AvgIpc) is 2.37. The Morgan fingerprint density at radius 2 is 2.56 bits per heavy atom. The van der Waals surface area contributed by atoms with E-state index in [0.29, 0.717) is 4.88 Å². The first-order valence-electron chi connectivity index (χ1n) is 2.22. The summed E-state index contributed by atoms with van der Waals surface area (Å²) in [6, 6.07) is 0. The van der Waals surface area contributed by atoms with Gasteiger partial charge in [-0.3, -0.25) is 14.6 Å². The quantitative estimate of drug-likeness (QED) is 0.343. The second kappa shape index (κ2) is 2.50. The number of Topliss-reactive ketones (excluding diaryl/α,β-unsaturated/α-hetero) is 1. The van der Waals surface area contributed by atoms with Crippen molar-refractivity contribution in [1.82, 2.24) is 4.98 Å². The van der Waals surface area contributed by atoms with Gasteiger partial charge in [-0.05, 0) is 0 Å². The molecule has 0 aliphatic carbocycles. The Bertz CT molecular complexity index is 217. The summed E-state index contributed by atoms with van der Waals surface area (Å²) >= 11 is 1.16. The summed E-state index contributed by atoms with van der Waals surface area (Å²) in [6.07, 6.45) is 1.66. The van der Waals surface area contributed by atoms with Crippen LogP contribution in [0.3, 0.4) is 0 Å². The van der Waals surface area contributed by atoms with Crippen molar-refractivity contribution in [2.24, 2.45) is 0 Å². The monoisotopic (exact) mass is 141 g/mol. The summed E-state index contributed by atoms with van der Waals surface area (Å²) < 4.78 is 0. The lowest BCUT2D eigenvalue weighted by Crippen LogP contribution is -1.94. The van der Waals surface area contributed by atoms with Crippen molar-refractivity contribution in [2.75, 3.05) is 0 Å². The predicted octanol–water partition coefficient (Wildman–Crippen LogP) is 0.525. The fraction of sp³-hybridized carbons (Fsp3) is 0. The van der Waals surface area contributed by atoms with Crippen molar-refractivity contribution in [1.29, 1.82) is 0 Å². The lowest BCUT2D eigenvalue weighted by molar-refractivity contribution is -0.104. The zero-order valence-corrected chi connectivity index (χ0v) is 5.22. The highest BCUT2D eigenvalue weighted by Crippen LogP contribution is 2.03. The zero-order valence-electron chi connectivity index (χ0n) is 4.40. The van der Waals surface area contributed by atoms with Gasteiger partial charge in [-0.25, -0.2) is 0 Å². The van der Waals surface area contributed by atoms with E-state index < -0.39 is 5.78 Å². The zero-order chi connectivity index (χ0) is 6.69. The van der Waals surface area contributed by atoms with Crippen molar-refractivity contribution in [3.8, 4) is 0 Å². The minimum absolute atomic E-state index is 0.285. The fourth-order valence-electron chi connectivity index (χ4n) is 0.396. The molecule has 0 fully saturated rings. The highest BCUT2D eigenvalue weighted by atomic mass is 32.1. The SMILES string of the molecule is O=CC(=O)c1cncs1. The largest absolute Gasteiger partial charge is 0.294 e. The molecule has 9 heavy (non-hydrogen) atoms. The molecule has 0 saturated carbocycles. The third-order valence-corrected chi connectivity index (χ3v) is 1.57. The van der Waals surface area contributed by atoms with Gasteiger partial charge in [0, 0.05) is 6.20 Å². The van der Waals surface area contributed by atoms with Crippen LogP contribution in [0.25, 0.3) is 0 Å². The van der Waals surface area contributed by atoms with Crippen LogP contribution in [0.4, 0.5) is 0 Å². The number of aromatic nitrogens is 1. The molecule has 0 spiro atoms. The van der Waals surface area contributed by atoms with Crippen LogP contribution in [0.2, 0.25) is 0 Å². The van der Waals surface area contributed by atoms with Crippen LogP contribution >= 0.6 is 11.3 Å². The average molecular weight is 141 g/mol. The van der Waals surface area contributed by atoms with E-state index in [1.165, 1.54) is 11.7 Å². The van der Waals surface area contributed by atoms with Crippen molar-refractivity contribution >= 4 is 23.4 Å². The van der Waals surface area contributed by atoms with E-state index in [4.69, 9.17) is 0 Å². The Labute approximate surface area is 55.3 Å². The molecule has 0 aliphatic heterocycles. The molecule has 0 saturated heterocycles. The molecule has 0 N–H and O–H groups in total. The number of carbonyl (C=O) groups is 2. The van der Waals surface area contributed by atoms with Crippen molar-refractivity contribution in [3.05, 3.63) is 16.6 Å². The summed E-state index contributed by atoms with van der Waals surface area (Å²) in [4.78, 5) is 24.3. The highest BCUT2D eigenvalue weighted by molar-refractivity contribution is 7.12. The van der Waals surface area contributed by atoms with Crippen LogP contribution in [-0.2, 0) is 4.79 Å². The van der Waals surface area contributed by atoms with Gasteiger partial charge >= 0.3 is 0 Å². The molecule has 0 unspecified atom stereocenters. The molecular formula is C5H3NO2S. The molecule has 0 amide bonds. The Morgan fingerprint density at radius 1 is 1.78 bits per heavy atom. The third-order valence-electron chi connectivity index (χ3n) is 0.782. The van der Waals surface area contributed by atoms with Crippen LogP contribution in [-0.4, -0.2) is 17.1 Å². The van der Waals surface area contributed by atoms with Gasteiger partial charge in [-0.2, -0.15) is 0 Å². The standard InChI is InChI=1S/C5H3NO2S/c7-2-4(8)5-1-6-3-9-5/h1-3H. The molecule has 0 atom stereocenters. The first kappa shape index (κ1) is 6.10. The number of rotatable bonds is 2. The maximum Gasteiger partial charge on any atom is 0.236 e. The fourth-order valence-corrected chi connectivity index (χ4v) is 0.917. The highest BCUT2D eigenvalue weighted by Gasteiger charge is 2.03. The topological polar surface area (TPSA) is 47.0 Å². The van der Waals surface area contributed by atoms with Crippen molar-refractivity contribution in [2.45, 2.75) is 0 Å². The molecule has 1 aromatic rings. The van der Waals surface area contributed by atoms with E-state index in [9.17, 15) is 9.59 Å².